The molecular formula is C21H22F3N3O. The van der Waals surface area contributed by atoms with Crippen molar-refractivity contribution < 1.29 is 17.9 Å². The molecule has 0 atom stereocenters. The molecule has 0 saturated heterocycles. The van der Waals surface area contributed by atoms with Gasteiger partial charge in [-0.1, -0.05) is 48.5 Å². The van der Waals surface area contributed by atoms with E-state index in [0.717, 1.165) is 22.5 Å². The van der Waals surface area contributed by atoms with Gasteiger partial charge >= 0.3 is 6.18 Å². The number of hydrogen-bond donors (Lipinski definition) is 0. The third-order valence-corrected chi connectivity index (χ3v) is 4.18. The van der Waals surface area contributed by atoms with Crippen molar-refractivity contribution in [1.82, 2.24) is 14.7 Å². The van der Waals surface area contributed by atoms with Crippen molar-refractivity contribution in [1.29, 1.82) is 0 Å². The largest absolute Gasteiger partial charge is 0.411 e. The number of rotatable bonds is 8. The van der Waals surface area contributed by atoms with Crippen LogP contribution < -0.4 is 0 Å². The van der Waals surface area contributed by atoms with Gasteiger partial charge in [0.25, 0.3) is 0 Å². The number of likely N-dealkylation sites (N-methyl/N-ethyl adjacent to an activating group) is 1. The second-order valence-corrected chi connectivity index (χ2v) is 6.55. The van der Waals surface area contributed by atoms with Crippen LogP contribution in [-0.4, -0.2) is 47.7 Å². The minimum Gasteiger partial charge on any atom is -0.371 e. The van der Waals surface area contributed by atoms with E-state index in [4.69, 9.17) is 9.84 Å². The van der Waals surface area contributed by atoms with Crippen molar-refractivity contribution in [3.05, 3.63) is 72.4 Å². The van der Waals surface area contributed by atoms with E-state index >= 15 is 0 Å². The smallest absolute Gasteiger partial charge is 0.371 e. The molecule has 0 aliphatic carbocycles. The number of ether oxygens (including phenoxy) is 1. The van der Waals surface area contributed by atoms with E-state index in [2.05, 4.69) is 0 Å². The van der Waals surface area contributed by atoms with E-state index in [9.17, 15) is 13.2 Å². The van der Waals surface area contributed by atoms with Gasteiger partial charge in [-0.2, -0.15) is 18.3 Å². The summed E-state index contributed by atoms with van der Waals surface area (Å²) in [6, 6.07) is 19.6. The van der Waals surface area contributed by atoms with Gasteiger partial charge in [0, 0.05) is 30.4 Å². The number of alkyl halides is 3. The molecule has 148 valence electrons. The standard InChI is InChI=1S/C21H22F3N3O/c1-26(12-13-28-16-21(22,23)24)14-18-15-27(19-10-6-3-7-11-19)25-20(18)17-8-4-2-5-9-17/h2-11,15H,12-14,16H2,1H3. The molecule has 0 spiro atoms. The highest BCUT2D eigenvalue weighted by Gasteiger charge is 2.27. The summed E-state index contributed by atoms with van der Waals surface area (Å²) in [7, 11) is 1.85. The summed E-state index contributed by atoms with van der Waals surface area (Å²) in [5, 5.41) is 4.74. The maximum Gasteiger partial charge on any atom is 0.411 e. The molecule has 0 amide bonds. The minimum absolute atomic E-state index is 0.0174. The Bertz CT molecular complexity index is 864. The molecule has 0 unspecified atom stereocenters. The molecule has 2 aromatic carbocycles. The van der Waals surface area contributed by atoms with E-state index in [1.165, 1.54) is 0 Å². The van der Waals surface area contributed by atoms with Crippen molar-refractivity contribution in [2.75, 3.05) is 26.8 Å². The lowest BCUT2D eigenvalue weighted by Gasteiger charge is -2.17. The summed E-state index contributed by atoms with van der Waals surface area (Å²) in [6.45, 7) is -0.265. The van der Waals surface area contributed by atoms with E-state index in [1.54, 1.807) is 0 Å². The van der Waals surface area contributed by atoms with Crippen molar-refractivity contribution in [3.8, 4) is 16.9 Å². The Morgan fingerprint density at radius 1 is 1.00 bits per heavy atom. The fraction of sp³-hybridized carbons (Fsp3) is 0.286. The van der Waals surface area contributed by atoms with Crippen molar-refractivity contribution in [2.45, 2.75) is 12.7 Å². The molecule has 1 heterocycles. The summed E-state index contributed by atoms with van der Waals surface area (Å²) in [5.41, 5.74) is 3.79. The third kappa shape index (κ3) is 5.68. The zero-order valence-electron chi connectivity index (χ0n) is 15.6. The van der Waals surface area contributed by atoms with Gasteiger partial charge in [0.2, 0.25) is 0 Å². The average Bonchev–Trinajstić information content (AvgIpc) is 3.10. The van der Waals surface area contributed by atoms with Crippen molar-refractivity contribution in [3.63, 3.8) is 0 Å². The monoisotopic (exact) mass is 389 g/mol. The summed E-state index contributed by atoms with van der Waals surface area (Å²) in [4.78, 5) is 1.93. The molecule has 0 saturated carbocycles. The first kappa shape index (κ1) is 20.1. The van der Waals surface area contributed by atoms with Gasteiger partial charge in [0.1, 0.15) is 6.61 Å². The third-order valence-electron chi connectivity index (χ3n) is 4.18. The van der Waals surface area contributed by atoms with Crippen LogP contribution in [0.1, 0.15) is 5.56 Å². The molecule has 4 nitrogen and oxygen atoms in total. The molecule has 0 aliphatic rings. The average molecular weight is 389 g/mol. The Labute approximate surface area is 162 Å². The van der Waals surface area contributed by atoms with Crippen LogP contribution in [0.3, 0.4) is 0 Å². The van der Waals surface area contributed by atoms with Gasteiger partial charge in [0.05, 0.1) is 18.0 Å². The molecular weight excluding hydrogens is 367 g/mol. The lowest BCUT2D eigenvalue weighted by molar-refractivity contribution is -0.174. The zero-order chi connectivity index (χ0) is 20.0. The molecule has 3 rings (SSSR count). The van der Waals surface area contributed by atoms with Crippen LogP contribution in [0.25, 0.3) is 16.9 Å². The molecule has 0 N–H and O–H groups in total. The number of nitrogens with zero attached hydrogens (tertiary/aromatic N) is 3. The molecule has 1 aromatic heterocycles. The molecule has 28 heavy (non-hydrogen) atoms. The Morgan fingerprint density at radius 3 is 2.29 bits per heavy atom. The van der Waals surface area contributed by atoms with Crippen LogP contribution in [0.15, 0.2) is 66.9 Å². The van der Waals surface area contributed by atoms with E-state index < -0.39 is 12.8 Å². The van der Waals surface area contributed by atoms with Gasteiger partial charge in [-0.25, -0.2) is 4.68 Å². The minimum atomic E-state index is -4.30. The van der Waals surface area contributed by atoms with Gasteiger partial charge in [-0.05, 0) is 19.2 Å². The van der Waals surface area contributed by atoms with Gasteiger partial charge < -0.3 is 4.74 Å². The van der Waals surface area contributed by atoms with Gasteiger partial charge in [-0.3, -0.25) is 4.90 Å². The highest BCUT2D eigenvalue weighted by Crippen LogP contribution is 2.24. The maximum atomic E-state index is 12.2. The number of para-hydroxylation sites is 1. The lowest BCUT2D eigenvalue weighted by atomic mass is 10.1. The fourth-order valence-electron chi connectivity index (χ4n) is 2.86. The topological polar surface area (TPSA) is 30.3 Å². The number of benzene rings is 2. The van der Waals surface area contributed by atoms with Gasteiger partial charge in [-0.15, -0.1) is 0 Å². The fourth-order valence-corrected chi connectivity index (χ4v) is 2.86. The second-order valence-electron chi connectivity index (χ2n) is 6.55. The Hall–Kier alpha value is -2.64. The molecule has 7 heteroatoms. The Balaban J connectivity index is 1.74. The highest BCUT2D eigenvalue weighted by atomic mass is 19.4. The second kappa shape index (κ2) is 9.03. The van der Waals surface area contributed by atoms with Crippen molar-refractivity contribution in [2.24, 2.45) is 0 Å². The quantitative estimate of drug-likeness (QED) is 0.530. The van der Waals surface area contributed by atoms with E-state index in [1.807, 2.05) is 83.5 Å². The molecule has 0 fully saturated rings. The predicted octanol–water partition coefficient (Wildman–Crippen LogP) is 4.55. The first-order chi connectivity index (χ1) is 13.4. The van der Waals surface area contributed by atoms with Crippen LogP contribution in [0.5, 0.6) is 0 Å². The number of halogens is 3. The Kier molecular flexibility index (Phi) is 6.49. The molecule has 0 radical (unpaired) electrons. The van der Waals surface area contributed by atoms with E-state index in [0.29, 0.717) is 13.1 Å². The highest BCUT2D eigenvalue weighted by molar-refractivity contribution is 5.63. The SMILES string of the molecule is CN(CCOCC(F)(F)F)Cc1cn(-c2ccccc2)nc1-c1ccccc1. The predicted molar refractivity (Wildman–Crippen MR) is 102 cm³/mol. The van der Waals surface area contributed by atoms with E-state index in [-0.39, 0.29) is 6.61 Å². The van der Waals surface area contributed by atoms with Crippen molar-refractivity contribution >= 4 is 0 Å². The van der Waals surface area contributed by atoms with Crippen LogP contribution in [0, 0.1) is 0 Å². The van der Waals surface area contributed by atoms with Crippen LogP contribution >= 0.6 is 0 Å². The Morgan fingerprint density at radius 2 is 1.64 bits per heavy atom. The normalized spacial score (nSPS) is 11.9. The van der Waals surface area contributed by atoms with Crippen LogP contribution in [0.2, 0.25) is 0 Å². The first-order valence-corrected chi connectivity index (χ1v) is 8.95. The summed E-state index contributed by atoms with van der Waals surface area (Å²) >= 11 is 0. The number of hydrogen-bond acceptors (Lipinski definition) is 3. The summed E-state index contributed by atoms with van der Waals surface area (Å²) in [6.07, 6.45) is -2.33. The summed E-state index contributed by atoms with van der Waals surface area (Å²) in [5.74, 6) is 0. The first-order valence-electron chi connectivity index (χ1n) is 8.95. The molecule has 0 aliphatic heterocycles. The molecule has 0 bridgehead atoms. The van der Waals surface area contributed by atoms with Crippen LogP contribution in [0.4, 0.5) is 13.2 Å². The summed E-state index contributed by atoms with van der Waals surface area (Å²) < 4.78 is 43.1. The van der Waals surface area contributed by atoms with Gasteiger partial charge in [0.15, 0.2) is 0 Å². The number of aromatic nitrogens is 2. The zero-order valence-corrected chi connectivity index (χ0v) is 15.6. The maximum absolute atomic E-state index is 12.2. The van der Waals surface area contributed by atoms with Crippen LogP contribution in [-0.2, 0) is 11.3 Å². The lowest BCUT2D eigenvalue weighted by Crippen LogP contribution is -2.25. The molecule has 3 aromatic rings.